The van der Waals surface area contributed by atoms with Gasteiger partial charge < -0.3 is 21.8 Å². The fourth-order valence-corrected chi connectivity index (χ4v) is 1.99. The zero-order valence-corrected chi connectivity index (χ0v) is 10.1. The first kappa shape index (κ1) is 12.1. The van der Waals surface area contributed by atoms with E-state index >= 15 is 0 Å². The van der Waals surface area contributed by atoms with E-state index in [4.69, 9.17) is 11.5 Å². The van der Waals surface area contributed by atoms with Gasteiger partial charge in [-0.3, -0.25) is 9.59 Å². The molecule has 0 aliphatic carbocycles. The van der Waals surface area contributed by atoms with Crippen LogP contribution in [0.25, 0.3) is 0 Å². The lowest BCUT2D eigenvalue weighted by atomic mass is 10.2. The van der Waals surface area contributed by atoms with Crippen molar-refractivity contribution in [3.8, 4) is 0 Å². The second kappa shape index (κ2) is 4.88. The van der Waals surface area contributed by atoms with Crippen molar-refractivity contribution in [3.05, 3.63) is 38.6 Å². The molecular formula is C10H11N5O2S. The highest BCUT2D eigenvalue weighted by atomic mass is 32.1. The Morgan fingerprint density at radius 3 is 2.94 bits per heavy atom. The third-order valence-electron chi connectivity index (χ3n) is 2.23. The number of nitrogen functional groups attached to an aromatic ring is 1. The molecule has 0 aliphatic rings. The fourth-order valence-electron chi connectivity index (χ4n) is 1.41. The molecule has 0 unspecified atom stereocenters. The first-order chi connectivity index (χ1) is 8.56. The number of amides is 1. The minimum Gasteiger partial charge on any atom is -0.384 e. The van der Waals surface area contributed by atoms with Gasteiger partial charge in [0.15, 0.2) is 0 Å². The highest BCUT2D eigenvalue weighted by molar-refractivity contribution is 7.07. The molecule has 2 rings (SSSR count). The summed E-state index contributed by atoms with van der Waals surface area (Å²) in [6.45, 7) is 0.366. The molecule has 0 saturated heterocycles. The second-order valence-corrected chi connectivity index (χ2v) is 4.39. The van der Waals surface area contributed by atoms with Crippen molar-refractivity contribution in [2.24, 2.45) is 5.73 Å². The summed E-state index contributed by atoms with van der Waals surface area (Å²) in [5, 5.41) is 4.67. The zero-order valence-electron chi connectivity index (χ0n) is 9.27. The van der Waals surface area contributed by atoms with Gasteiger partial charge in [0.25, 0.3) is 5.91 Å². The highest BCUT2D eigenvalue weighted by Gasteiger charge is 2.09. The van der Waals surface area contributed by atoms with Gasteiger partial charge in [0.1, 0.15) is 5.82 Å². The maximum atomic E-state index is 11.2. The van der Waals surface area contributed by atoms with E-state index in [0.717, 1.165) is 17.0 Å². The lowest BCUT2D eigenvalue weighted by molar-refractivity contribution is 0.100. The molecule has 2 aromatic heterocycles. The van der Waals surface area contributed by atoms with Gasteiger partial charge in [-0.2, -0.15) is 0 Å². The predicted octanol–water partition coefficient (Wildman–Crippen LogP) is 0.125. The van der Waals surface area contributed by atoms with Gasteiger partial charge in [-0.05, 0) is 6.07 Å². The Morgan fingerprint density at radius 1 is 1.56 bits per heavy atom. The van der Waals surface area contributed by atoms with Gasteiger partial charge in [-0.25, -0.2) is 4.98 Å². The standard InChI is InChI=1S/C10H11N5O2S/c11-8-1-6(9(12)16)7(3-14-8)13-2-5-4-18-10(17)15-5/h1,3-4,13H,2H2,(H2,11,14)(H2,12,16)(H,15,17). The van der Waals surface area contributed by atoms with Crippen LogP contribution >= 0.6 is 11.3 Å². The Kier molecular flexibility index (Phi) is 3.28. The predicted molar refractivity (Wildman–Crippen MR) is 69.4 cm³/mol. The van der Waals surface area contributed by atoms with E-state index in [1.165, 1.54) is 12.3 Å². The van der Waals surface area contributed by atoms with Crippen LogP contribution < -0.4 is 21.7 Å². The molecule has 2 heterocycles. The summed E-state index contributed by atoms with van der Waals surface area (Å²) in [7, 11) is 0. The number of rotatable bonds is 4. The van der Waals surface area contributed by atoms with Crippen LogP contribution in [0.5, 0.6) is 0 Å². The maximum Gasteiger partial charge on any atom is 0.304 e. The number of aromatic nitrogens is 2. The number of nitrogens with two attached hydrogens (primary N) is 2. The monoisotopic (exact) mass is 265 g/mol. The number of aromatic amines is 1. The van der Waals surface area contributed by atoms with Crippen LogP contribution in [0.4, 0.5) is 11.5 Å². The van der Waals surface area contributed by atoms with Crippen molar-refractivity contribution in [2.75, 3.05) is 11.1 Å². The van der Waals surface area contributed by atoms with Crippen LogP contribution in [0, 0.1) is 0 Å². The molecule has 0 radical (unpaired) electrons. The molecule has 0 aromatic carbocycles. The molecule has 0 spiro atoms. The van der Waals surface area contributed by atoms with E-state index in [-0.39, 0.29) is 16.3 Å². The van der Waals surface area contributed by atoms with Crippen molar-refractivity contribution < 1.29 is 4.79 Å². The summed E-state index contributed by atoms with van der Waals surface area (Å²) in [6.07, 6.45) is 1.43. The molecule has 8 heteroatoms. The van der Waals surface area contributed by atoms with E-state index in [1.807, 2.05) is 0 Å². The summed E-state index contributed by atoms with van der Waals surface area (Å²) in [5.74, 6) is -0.372. The molecular weight excluding hydrogens is 254 g/mol. The van der Waals surface area contributed by atoms with Gasteiger partial charge >= 0.3 is 4.87 Å². The van der Waals surface area contributed by atoms with Crippen LogP contribution in [0.2, 0.25) is 0 Å². The average Bonchev–Trinajstić information content (AvgIpc) is 2.73. The number of thiazole rings is 1. The Hall–Kier alpha value is -2.35. The minimum absolute atomic E-state index is 0.127. The van der Waals surface area contributed by atoms with E-state index in [9.17, 15) is 9.59 Å². The molecule has 18 heavy (non-hydrogen) atoms. The third-order valence-corrected chi connectivity index (χ3v) is 2.95. The van der Waals surface area contributed by atoms with Crippen molar-refractivity contribution in [2.45, 2.75) is 6.54 Å². The van der Waals surface area contributed by atoms with Crippen LogP contribution in [-0.2, 0) is 6.54 Å². The summed E-state index contributed by atoms with van der Waals surface area (Å²) in [6, 6.07) is 1.40. The van der Waals surface area contributed by atoms with Gasteiger partial charge in [0.2, 0.25) is 0 Å². The molecule has 7 nitrogen and oxygen atoms in total. The molecule has 2 aromatic rings. The number of primary amides is 1. The first-order valence-electron chi connectivity index (χ1n) is 5.02. The summed E-state index contributed by atoms with van der Waals surface area (Å²) in [4.78, 5) is 28.6. The SMILES string of the molecule is NC(=O)c1cc(N)ncc1NCc1csc(=O)[nH]1. The average molecular weight is 265 g/mol. The van der Waals surface area contributed by atoms with Crippen LogP contribution in [0.3, 0.4) is 0 Å². The lowest BCUT2D eigenvalue weighted by Gasteiger charge is -2.09. The number of nitrogens with one attached hydrogen (secondary N) is 2. The molecule has 0 saturated carbocycles. The number of carbonyl (C=O) groups excluding carboxylic acids is 1. The minimum atomic E-state index is -0.592. The third kappa shape index (κ3) is 2.66. The Labute approximate surface area is 106 Å². The number of anilines is 2. The number of hydrogen-bond donors (Lipinski definition) is 4. The van der Waals surface area contributed by atoms with Crippen molar-refractivity contribution in [3.63, 3.8) is 0 Å². The Bertz CT molecular complexity index is 633. The Balaban J connectivity index is 2.18. The molecule has 0 bridgehead atoms. The van der Waals surface area contributed by atoms with E-state index < -0.39 is 5.91 Å². The van der Waals surface area contributed by atoms with Gasteiger partial charge in [-0.1, -0.05) is 11.3 Å². The highest BCUT2D eigenvalue weighted by Crippen LogP contribution is 2.16. The van der Waals surface area contributed by atoms with Gasteiger partial charge in [-0.15, -0.1) is 0 Å². The van der Waals surface area contributed by atoms with Crippen LogP contribution in [-0.4, -0.2) is 15.9 Å². The Morgan fingerprint density at radius 2 is 2.33 bits per heavy atom. The number of nitrogens with zero attached hydrogens (tertiary/aromatic N) is 1. The quantitative estimate of drug-likeness (QED) is 0.624. The zero-order chi connectivity index (χ0) is 13.1. The van der Waals surface area contributed by atoms with Crippen molar-refractivity contribution >= 4 is 28.7 Å². The molecule has 0 aliphatic heterocycles. The van der Waals surface area contributed by atoms with Gasteiger partial charge in [0.05, 0.1) is 24.0 Å². The first-order valence-corrected chi connectivity index (χ1v) is 5.90. The van der Waals surface area contributed by atoms with Crippen molar-refractivity contribution in [1.29, 1.82) is 0 Å². The van der Waals surface area contributed by atoms with Gasteiger partial charge in [0, 0.05) is 11.1 Å². The molecule has 0 atom stereocenters. The molecule has 94 valence electrons. The van der Waals surface area contributed by atoms with E-state index in [2.05, 4.69) is 15.3 Å². The lowest BCUT2D eigenvalue weighted by Crippen LogP contribution is -2.15. The summed E-state index contributed by atoms with van der Waals surface area (Å²) in [5.41, 5.74) is 12.2. The fraction of sp³-hybridized carbons (Fsp3) is 0.100. The normalized spacial score (nSPS) is 10.2. The number of hydrogen-bond acceptors (Lipinski definition) is 6. The second-order valence-electron chi connectivity index (χ2n) is 3.55. The topological polar surface area (TPSA) is 127 Å². The van der Waals surface area contributed by atoms with Crippen molar-refractivity contribution in [1.82, 2.24) is 9.97 Å². The molecule has 1 amide bonds. The molecule has 6 N–H and O–H groups in total. The number of pyridine rings is 1. The number of carbonyl (C=O) groups is 1. The van der Waals surface area contributed by atoms with E-state index in [0.29, 0.717) is 12.2 Å². The van der Waals surface area contributed by atoms with E-state index in [1.54, 1.807) is 5.38 Å². The largest absolute Gasteiger partial charge is 0.384 e. The summed E-state index contributed by atoms with van der Waals surface area (Å²) >= 11 is 1.07. The smallest absolute Gasteiger partial charge is 0.304 e. The molecule has 0 fully saturated rings. The number of H-pyrrole nitrogens is 1. The summed E-state index contributed by atoms with van der Waals surface area (Å²) < 4.78 is 0. The van der Waals surface area contributed by atoms with Crippen LogP contribution in [0.15, 0.2) is 22.4 Å². The van der Waals surface area contributed by atoms with Crippen LogP contribution in [0.1, 0.15) is 16.1 Å². The maximum absolute atomic E-state index is 11.2.